The van der Waals surface area contributed by atoms with Gasteiger partial charge in [0.05, 0.1) is 49.8 Å². The van der Waals surface area contributed by atoms with Crippen LogP contribution < -0.4 is 0 Å². The zero-order valence-corrected chi connectivity index (χ0v) is 37.4. The van der Waals surface area contributed by atoms with Crippen LogP contribution in [0.2, 0.25) is 0 Å². The molecule has 4 aliphatic carbocycles. The first-order valence-corrected chi connectivity index (χ1v) is 23.5. The summed E-state index contributed by atoms with van der Waals surface area (Å²) in [6, 6.07) is 0. The zero-order valence-electron chi connectivity index (χ0n) is 37.4. The number of aliphatic hydroxyl groups is 11. The predicted molar refractivity (Wildman–Crippen MR) is 217 cm³/mol. The minimum absolute atomic E-state index is 0.0256. The summed E-state index contributed by atoms with van der Waals surface area (Å²) in [4.78, 5) is 0. The maximum Gasteiger partial charge on any atom is 0.187 e. The summed E-state index contributed by atoms with van der Waals surface area (Å²) in [5, 5.41) is 119. The molecule has 366 valence electrons. The van der Waals surface area contributed by atoms with E-state index in [0.29, 0.717) is 44.9 Å². The summed E-state index contributed by atoms with van der Waals surface area (Å²) in [7, 11) is 0. The first kappa shape index (κ1) is 48.0. The SMILES string of the molecule is C[C@@H]1O[C@@H](O[C@H]2[C@H](O[C@H]3CC[C@@]4(C)C(=CC[C@@H]5[C@@H]4CC[C@]4(C)[C@@H]6C(C[C@@]54O)O[C@]4(CCC(CO)(CO)O4)[C@H]6C)C3)O[C@H](CO)[C@@H](O[C@@H]3O[C@@H](C)[C@H](O)[C@@H](O)[C@H]3O)[C@@H]2O)[C@H](O)[C@H](O)[C@H]1O. The molecule has 0 aromatic rings. The number of ether oxygens (including phenoxy) is 8. The van der Waals surface area contributed by atoms with E-state index >= 15 is 0 Å². The van der Waals surface area contributed by atoms with Crippen LogP contribution in [-0.2, 0) is 37.9 Å². The molecule has 8 fully saturated rings. The molecule has 5 aliphatic heterocycles. The fourth-order valence-corrected chi connectivity index (χ4v) is 14.2. The van der Waals surface area contributed by atoms with Gasteiger partial charge in [-0.25, -0.2) is 0 Å². The van der Waals surface area contributed by atoms with E-state index in [0.717, 1.165) is 12.8 Å². The average Bonchev–Trinajstić information content (AvgIpc) is 3.86. The molecule has 64 heavy (non-hydrogen) atoms. The van der Waals surface area contributed by atoms with Crippen LogP contribution in [0, 0.1) is 34.5 Å². The second-order valence-corrected chi connectivity index (χ2v) is 21.3. The van der Waals surface area contributed by atoms with Gasteiger partial charge in [0.1, 0.15) is 66.6 Å². The molecule has 0 bridgehead atoms. The van der Waals surface area contributed by atoms with Gasteiger partial charge in [0.25, 0.3) is 0 Å². The van der Waals surface area contributed by atoms with Gasteiger partial charge in [-0.1, -0.05) is 32.4 Å². The van der Waals surface area contributed by atoms with Crippen LogP contribution >= 0.6 is 0 Å². The number of rotatable bonds is 9. The van der Waals surface area contributed by atoms with E-state index in [1.54, 1.807) is 0 Å². The van der Waals surface area contributed by atoms with Gasteiger partial charge in [-0.05, 0) is 76.0 Å². The predicted octanol–water partition coefficient (Wildman–Crippen LogP) is -1.56. The summed E-state index contributed by atoms with van der Waals surface area (Å²) < 4.78 is 49.7. The van der Waals surface area contributed by atoms with Crippen LogP contribution in [0.3, 0.4) is 0 Å². The van der Waals surface area contributed by atoms with Gasteiger partial charge in [-0.2, -0.15) is 0 Å². The van der Waals surface area contributed by atoms with Gasteiger partial charge in [-0.3, -0.25) is 0 Å². The third kappa shape index (κ3) is 7.25. The van der Waals surface area contributed by atoms with E-state index in [4.69, 9.17) is 37.9 Å². The number of aliphatic hydroxyl groups excluding tert-OH is 10. The first-order chi connectivity index (χ1) is 30.2. The molecule has 0 amide bonds. The Labute approximate surface area is 373 Å². The van der Waals surface area contributed by atoms with E-state index in [9.17, 15) is 56.2 Å². The molecule has 19 nitrogen and oxygen atoms in total. The highest BCUT2D eigenvalue weighted by molar-refractivity contribution is 5.30. The molecule has 1 spiro atoms. The van der Waals surface area contributed by atoms with Gasteiger partial charge < -0.3 is 94.1 Å². The van der Waals surface area contributed by atoms with E-state index in [2.05, 4.69) is 26.8 Å². The highest BCUT2D eigenvalue weighted by Gasteiger charge is 2.75. The second kappa shape index (κ2) is 17.1. The Bertz CT molecular complexity index is 1720. The minimum atomic E-state index is -1.75. The van der Waals surface area contributed by atoms with Crippen molar-refractivity contribution in [2.24, 2.45) is 34.5 Å². The second-order valence-electron chi connectivity index (χ2n) is 21.3. The van der Waals surface area contributed by atoms with Gasteiger partial charge in [0, 0.05) is 30.1 Å². The van der Waals surface area contributed by atoms with Crippen molar-refractivity contribution in [1.29, 1.82) is 0 Å². The molecule has 9 rings (SSSR count). The van der Waals surface area contributed by atoms with Crippen LogP contribution in [0.5, 0.6) is 0 Å². The fraction of sp³-hybridized carbons (Fsp3) is 0.956. The van der Waals surface area contributed by atoms with Crippen molar-refractivity contribution in [2.75, 3.05) is 19.8 Å². The zero-order chi connectivity index (χ0) is 46.1. The third-order valence-corrected chi connectivity index (χ3v) is 18.1. The van der Waals surface area contributed by atoms with Crippen molar-refractivity contribution in [3.63, 3.8) is 0 Å². The lowest BCUT2D eigenvalue weighted by Gasteiger charge is -2.61. The summed E-state index contributed by atoms with van der Waals surface area (Å²) in [5.74, 6) is -0.797. The van der Waals surface area contributed by atoms with Gasteiger partial charge in [0.2, 0.25) is 0 Å². The molecule has 9 aliphatic rings. The van der Waals surface area contributed by atoms with Crippen molar-refractivity contribution in [3.8, 4) is 0 Å². The highest BCUT2D eigenvalue weighted by Crippen LogP contribution is 2.72. The third-order valence-electron chi connectivity index (χ3n) is 18.1. The van der Waals surface area contributed by atoms with Gasteiger partial charge in [0.15, 0.2) is 24.7 Å². The Morgan fingerprint density at radius 2 is 1.30 bits per heavy atom. The molecule has 3 saturated carbocycles. The number of hydrogen-bond donors (Lipinski definition) is 11. The molecule has 0 aromatic carbocycles. The molecule has 11 N–H and O–H groups in total. The van der Waals surface area contributed by atoms with Crippen molar-refractivity contribution >= 4 is 0 Å². The largest absolute Gasteiger partial charge is 0.394 e. The van der Waals surface area contributed by atoms with E-state index < -0.39 is 127 Å². The van der Waals surface area contributed by atoms with Crippen molar-refractivity contribution in [1.82, 2.24) is 0 Å². The molecule has 19 heteroatoms. The van der Waals surface area contributed by atoms with Crippen LogP contribution in [0.1, 0.15) is 92.4 Å². The van der Waals surface area contributed by atoms with Crippen molar-refractivity contribution in [2.45, 2.75) is 214 Å². The van der Waals surface area contributed by atoms with E-state index in [1.165, 1.54) is 19.4 Å². The van der Waals surface area contributed by atoms with Crippen LogP contribution in [-0.4, -0.2) is 197 Å². The van der Waals surface area contributed by atoms with Crippen molar-refractivity contribution < 1.29 is 94.1 Å². The Morgan fingerprint density at radius 3 is 1.89 bits per heavy atom. The van der Waals surface area contributed by atoms with E-state index in [1.807, 2.05) is 0 Å². The monoisotopic (exact) mass is 916 g/mol. The first-order valence-electron chi connectivity index (χ1n) is 23.5. The number of hydrogen-bond acceptors (Lipinski definition) is 19. The molecule has 0 radical (unpaired) electrons. The van der Waals surface area contributed by atoms with Crippen LogP contribution in [0.25, 0.3) is 0 Å². The number of allylic oxidation sites excluding steroid dienone is 1. The minimum Gasteiger partial charge on any atom is -0.394 e. The summed E-state index contributed by atoms with van der Waals surface area (Å²) in [5.41, 5.74) is -1.56. The number of fused-ring (bicyclic) bond motifs is 7. The van der Waals surface area contributed by atoms with Gasteiger partial charge in [-0.15, -0.1) is 0 Å². The highest BCUT2D eigenvalue weighted by atomic mass is 16.8. The van der Waals surface area contributed by atoms with Crippen LogP contribution in [0.4, 0.5) is 0 Å². The smallest absolute Gasteiger partial charge is 0.187 e. The molecule has 5 saturated heterocycles. The lowest BCUT2D eigenvalue weighted by atomic mass is 9.45. The molecule has 5 heterocycles. The molecule has 1 unspecified atom stereocenters. The standard InChI is InChI=1S/C45H72O19/c1-19-28-26(63-45(19)13-12-43(17-47,18-48)64-45)15-44(56)25-7-6-22-14-23(8-10-41(22,4)24(25)9-11-42(28,44)5)59-40-37(62-39-34(54)32(52)30(50)21(3)58-39)35(55)36(27(16-46)60-40)61-38-33(53)31(51)29(49)20(2)57-38/h6,19-21,23-40,46-56H,7-18H2,1-5H3/t19-,20-,21-,23-,24-,25+,26?,27+,28-,29-,30-,31+,32+,33+,34+,35-,36+,37+,38-,39-,40+,41-,42+,44+,45-/m0/s1. The van der Waals surface area contributed by atoms with Gasteiger partial charge >= 0.3 is 0 Å². The Hall–Kier alpha value is -1.02. The van der Waals surface area contributed by atoms with Crippen molar-refractivity contribution in [3.05, 3.63) is 11.6 Å². The summed E-state index contributed by atoms with van der Waals surface area (Å²) in [6.07, 6.45) is -14.9. The molecule has 25 atom stereocenters. The Balaban J connectivity index is 0.926. The quantitative estimate of drug-likeness (QED) is 0.117. The Kier molecular flexibility index (Phi) is 12.9. The average molecular weight is 917 g/mol. The molecular weight excluding hydrogens is 844 g/mol. The van der Waals surface area contributed by atoms with Crippen LogP contribution in [0.15, 0.2) is 11.6 Å². The van der Waals surface area contributed by atoms with E-state index in [-0.39, 0.29) is 48.4 Å². The molecule has 0 aromatic heterocycles. The summed E-state index contributed by atoms with van der Waals surface area (Å²) in [6.45, 7) is 8.30. The maximum atomic E-state index is 13.0. The maximum absolute atomic E-state index is 13.0. The Morgan fingerprint density at radius 1 is 0.672 bits per heavy atom. The lowest BCUT2D eigenvalue weighted by molar-refractivity contribution is -0.388. The normalized spacial score (nSPS) is 56.9. The summed E-state index contributed by atoms with van der Waals surface area (Å²) >= 11 is 0. The topological polar surface area (TPSA) is 296 Å². The lowest BCUT2D eigenvalue weighted by Crippen LogP contribution is -2.66. The fourth-order valence-electron chi connectivity index (χ4n) is 14.2. The molecular formula is C45H72O19.